The lowest BCUT2D eigenvalue weighted by Gasteiger charge is -2.36. The molecule has 334 valence electrons. The van der Waals surface area contributed by atoms with Crippen molar-refractivity contribution in [1.82, 2.24) is 29.9 Å². The molecule has 1 unspecified atom stereocenters. The van der Waals surface area contributed by atoms with Crippen molar-refractivity contribution in [2.24, 2.45) is 11.8 Å². The number of rotatable bonds is 14. The summed E-state index contributed by atoms with van der Waals surface area (Å²) in [6.07, 6.45) is 9.30. The monoisotopic (exact) mass is 868 g/mol. The summed E-state index contributed by atoms with van der Waals surface area (Å²) in [6.45, 7) is 7.61. The number of piperidine rings is 2. The molecule has 2 aromatic heterocycles. The molecule has 1 atom stereocenters. The van der Waals surface area contributed by atoms with E-state index in [-0.39, 0.29) is 48.1 Å². The third-order valence-electron chi connectivity index (χ3n) is 12.6. The van der Waals surface area contributed by atoms with E-state index >= 15 is 0 Å². The van der Waals surface area contributed by atoms with Crippen LogP contribution in [0, 0.1) is 11.8 Å². The molecule has 2 aromatic carbocycles. The van der Waals surface area contributed by atoms with Crippen LogP contribution in [0.3, 0.4) is 0 Å². The lowest BCUT2D eigenvalue weighted by molar-refractivity contribution is -0.136. The van der Waals surface area contributed by atoms with Crippen LogP contribution in [0.15, 0.2) is 54.7 Å². The number of halogens is 2. The molecule has 0 bridgehead atoms. The van der Waals surface area contributed by atoms with Crippen LogP contribution in [-0.2, 0) is 15.5 Å². The van der Waals surface area contributed by atoms with E-state index in [4.69, 9.17) is 9.84 Å². The molecule has 3 aliphatic heterocycles. The van der Waals surface area contributed by atoms with E-state index in [2.05, 4.69) is 25.8 Å². The molecule has 4 aromatic rings. The van der Waals surface area contributed by atoms with Gasteiger partial charge < -0.3 is 25.4 Å². The highest BCUT2D eigenvalue weighted by Crippen LogP contribution is 2.37. The van der Waals surface area contributed by atoms with Gasteiger partial charge in [-0.1, -0.05) is 12.1 Å². The number of aliphatic hydroxyl groups is 1. The van der Waals surface area contributed by atoms with Crippen molar-refractivity contribution < 1.29 is 42.6 Å². The molecule has 4 N–H and O–H groups in total. The maximum absolute atomic E-state index is 14.0. The number of carbonyl (C=O) groups excluding carboxylic acids is 5. The quantitative estimate of drug-likeness (QED) is 0.104. The fourth-order valence-corrected chi connectivity index (χ4v) is 9.21. The van der Waals surface area contributed by atoms with E-state index in [1.54, 1.807) is 44.2 Å². The molecule has 63 heavy (non-hydrogen) atoms. The standard InChI is InChI=1S/C46H54F2N8O7/c1-45(2,62)26-63-37-23-34-29(22-35(37)51-41(58)33-8-5-9-38(50-33)46(3,47)48)25-55(53-34)30-12-10-28(11-13-30)24-54-20-17-27(18-21-54)16-19-49-32-7-4-6-31-40(32)44(61)56(43(31)60)36-14-15-39(57)52-42(36)59/h4-9,22-23,25,27-28,30,36,49,62H,10-21,24,26H2,1-3H3,(H,51,58)(H,52,57,59). The molecule has 17 heteroatoms. The molecule has 1 aliphatic carbocycles. The summed E-state index contributed by atoms with van der Waals surface area (Å²) in [4.78, 5) is 71.5. The number of likely N-dealkylation sites (tertiary alicyclic amines) is 1. The van der Waals surface area contributed by atoms with Crippen LogP contribution < -0.4 is 20.7 Å². The summed E-state index contributed by atoms with van der Waals surface area (Å²) in [5, 5.41) is 24.4. The SMILES string of the molecule is CC(C)(O)COc1cc2nn(C3CCC(CN4CCC(CCNc5cccc6c5C(=O)N(C5CCC(=O)NC5=O)C6=O)CC4)CC3)cc2cc1NC(=O)c1cccc(C(C)(F)F)n1. The highest BCUT2D eigenvalue weighted by Gasteiger charge is 2.45. The highest BCUT2D eigenvalue weighted by atomic mass is 19.3. The number of carbonyl (C=O) groups is 5. The van der Waals surface area contributed by atoms with E-state index in [1.807, 2.05) is 10.9 Å². The summed E-state index contributed by atoms with van der Waals surface area (Å²) in [6, 6.07) is 11.7. The first-order chi connectivity index (χ1) is 30.0. The zero-order valence-corrected chi connectivity index (χ0v) is 35.8. The van der Waals surface area contributed by atoms with Crippen molar-refractivity contribution >= 4 is 51.8 Å². The number of amides is 5. The van der Waals surface area contributed by atoms with Crippen LogP contribution in [0.25, 0.3) is 10.9 Å². The van der Waals surface area contributed by atoms with Gasteiger partial charge >= 0.3 is 0 Å². The van der Waals surface area contributed by atoms with E-state index in [0.29, 0.717) is 35.3 Å². The molecule has 3 fully saturated rings. The first kappa shape index (κ1) is 43.8. The molecular weight excluding hydrogens is 815 g/mol. The summed E-state index contributed by atoms with van der Waals surface area (Å²) >= 11 is 0. The Morgan fingerprint density at radius 1 is 0.921 bits per heavy atom. The zero-order chi connectivity index (χ0) is 44.6. The third kappa shape index (κ3) is 9.89. The molecule has 0 spiro atoms. The van der Waals surface area contributed by atoms with Crippen LogP contribution in [0.4, 0.5) is 20.2 Å². The second-order valence-electron chi connectivity index (χ2n) is 18.2. The van der Waals surface area contributed by atoms with Gasteiger partial charge in [-0.15, -0.1) is 0 Å². The summed E-state index contributed by atoms with van der Waals surface area (Å²) < 4.78 is 35.9. The zero-order valence-electron chi connectivity index (χ0n) is 35.8. The predicted molar refractivity (Wildman–Crippen MR) is 230 cm³/mol. The Labute approximate surface area is 363 Å². The van der Waals surface area contributed by atoms with Crippen molar-refractivity contribution in [3.05, 3.63) is 77.2 Å². The highest BCUT2D eigenvalue weighted by molar-refractivity contribution is 6.25. The largest absolute Gasteiger partial charge is 0.488 e. The molecule has 5 amide bonds. The smallest absolute Gasteiger partial charge is 0.287 e. The van der Waals surface area contributed by atoms with Crippen molar-refractivity contribution in [2.45, 2.75) is 102 Å². The molecule has 15 nitrogen and oxygen atoms in total. The fraction of sp³-hybridized carbons (Fsp3) is 0.500. The number of alkyl halides is 2. The number of imide groups is 2. The maximum atomic E-state index is 14.0. The van der Waals surface area contributed by atoms with Crippen LogP contribution in [0.1, 0.15) is 121 Å². The Morgan fingerprint density at radius 2 is 1.67 bits per heavy atom. The van der Waals surface area contributed by atoms with Crippen molar-refractivity contribution in [2.75, 3.05) is 43.4 Å². The number of ether oxygens (including phenoxy) is 1. The Hall–Kier alpha value is -5.81. The third-order valence-corrected chi connectivity index (χ3v) is 12.6. The number of hydrogen-bond acceptors (Lipinski definition) is 11. The van der Waals surface area contributed by atoms with Crippen LogP contribution in [0.5, 0.6) is 5.75 Å². The second-order valence-corrected chi connectivity index (χ2v) is 18.2. The summed E-state index contributed by atoms with van der Waals surface area (Å²) in [5.41, 5.74) is 0.268. The van der Waals surface area contributed by atoms with Crippen LogP contribution in [-0.4, -0.2) is 104 Å². The number of benzene rings is 2. The van der Waals surface area contributed by atoms with E-state index in [1.165, 1.54) is 18.2 Å². The molecule has 2 saturated heterocycles. The Kier molecular flexibility index (Phi) is 12.3. The topological polar surface area (TPSA) is 188 Å². The number of hydrogen-bond donors (Lipinski definition) is 4. The first-order valence-corrected chi connectivity index (χ1v) is 21.9. The van der Waals surface area contributed by atoms with Crippen molar-refractivity contribution in [3.63, 3.8) is 0 Å². The molecule has 8 rings (SSSR count). The minimum absolute atomic E-state index is 0.0597. The number of fused-ring (bicyclic) bond motifs is 2. The number of aromatic nitrogens is 3. The lowest BCUT2D eigenvalue weighted by atomic mass is 9.85. The van der Waals surface area contributed by atoms with Gasteiger partial charge in [-0.2, -0.15) is 13.9 Å². The van der Waals surface area contributed by atoms with E-state index < -0.39 is 52.8 Å². The Balaban J connectivity index is 0.818. The first-order valence-electron chi connectivity index (χ1n) is 21.9. The summed E-state index contributed by atoms with van der Waals surface area (Å²) in [5.74, 6) is -4.55. The van der Waals surface area contributed by atoms with Crippen LogP contribution >= 0.6 is 0 Å². The van der Waals surface area contributed by atoms with Gasteiger partial charge in [0, 0.05) is 49.8 Å². The number of pyridine rings is 1. The Bertz CT molecular complexity index is 2410. The maximum Gasteiger partial charge on any atom is 0.287 e. The fourth-order valence-electron chi connectivity index (χ4n) is 9.21. The number of anilines is 2. The lowest BCUT2D eigenvalue weighted by Crippen LogP contribution is -2.54. The van der Waals surface area contributed by atoms with E-state index in [9.17, 15) is 37.9 Å². The van der Waals surface area contributed by atoms with Crippen molar-refractivity contribution in [1.29, 1.82) is 0 Å². The second kappa shape index (κ2) is 17.8. The molecule has 5 heterocycles. The predicted octanol–water partition coefficient (Wildman–Crippen LogP) is 6.29. The van der Waals surface area contributed by atoms with Gasteiger partial charge in [0.05, 0.1) is 34.0 Å². The average Bonchev–Trinajstić information content (AvgIpc) is 3.77. The van der Waals surface area contributed by atoms with Gasteiger partial charge in [0.2, 0.25) is 11.8 Å². The number of nitrogens with one attached hydrogen (secondary N) is 3. The minimum Gasteiger partial charge on any atom is -0.488 e. The van der Waals surface area contributed by atoms with Gasteiger partial charge in [0.1, 0.15) is 29.8 Å². The van der Waals surface area contributed by atoms with Crippen molar-refractivity contribution in [3.8, 4) is 5.75 Å². The van der Waals surface area contributed by atoms with Gasteiger partial charge in [-0.05, 0) is 120 Å². The van der Waals surface area contributed by atoms with Gasteiger partial charge in [0.25, 0.3) is 23.6 Å². The molecular formula is C46H54F2N8O7. The van der Waals surface area contributed by atoms with Gasteiger partial charge in [0.15, 0.2) is 0 Å². The molecule has 0 radical (unpaired) electrons. The Morgan fingerprint density at radius 3 is 2.38 bits per heavy atom. The summed E-state index contributed by atoms with van der Waals surface area (Å²) in [7, 11) is 0. The minimum atomic E-state index is -3.21. The van der Waals surface area contributed by atoms with Crippen LogP contribution in [0.2, 0.25) is 0 Å². The molecule has 1 saturated carbocycles. The average molecular weight is 869 g/mol. The van der Waals surface area contributed by atoms with E-state index in [0.717, 1.165) is 81.8 Å². The normalized spacial score (nSPS) is 21.4. The van der Waals surface area contributed by atoms with Gasteiger partial charge in [-0.3, -0.25) is 38.9 Å². The van der Waals surface area contributed by atoms with Gasteiger partial charge in [-0.25, -0.2) is 4.98 Å². The molecule has 4 aliphatic rings. The number of nitrogens with zero attached hydrogens (tertiary/aromatic N) is 5.